The molecule has 1 aliphatic heterocycles. The minimum Gasteiger partial charge on any atom is -0.494 e. The molecule has 2 aromatic carbocycles. The van der Waals surface area contributed by atoms with E-state index in [1.54, 1.807) is 6.08 Å². The Balaban J connectivity index is 1.98. The van der Waals surface area contributed by atoms with E-state index in [0.717, 1.165) is 28.1 Å². The van der Waals surface area contributed by atoms with Gasteiger partial charge in [-0.25, -0.2) is 4.99 Å². The highest BCUT2D eigenvalue weighted by Gasteiger charge is 2.23. The van der Waals surface area contributed by atoms with Crippen LogP contribution in [-0.2, 0) is 6.54 Å². The number of rotatable bonds is 3. The molecule has 5 nitrogen and oxygen atoms in total. The quantitative estimate of drug-likeness (QED) is 0.670. The van der Waals surface area contributed by atoms with Crippen LogP contribution < -0.4 is 5.56 Å². The third-order valence-corrected chi connectivity index (χ3v) is 4.86. The summed E-state index contributed by atoms with van der Waals surface area (Å²) in [5.74, 6) is -0.143. The standard InChI is InChI=1S/C21H17N3O2S/c1-2-24-20(26)16(19(25)23-21(24)27)12-15-14-10-6-7-11-17(14)22-18(15)13-8-4-3-5-9-13/h3-12,26H,2H2,1H3,(H,23,25,27). The lowest BCUT2D eigenvalue weighted by atomic mass is 9.96. The van der Waals surface area contributed by atoms with E-state index in [9.17, 15) is 9.90 Å². The summed E-state index contributed by atoms with van der Waals surface area (Å²) in [5.41, 5.74) is 3.99. The van der Waals surface area contributed by atoms with Gasteiger partial charge in [0.05, 0.1) is 11.4 Å². The molecule has 1 aliphatic rings. The Morgan fingerprint density at radius 1 is 1.15 bits per heavy atom. The van der Waals surface area contributed by atoms with Crippen LogP contribution in [0.15, 0.2) is 64.4 Å². The fourth-order valence-electron chi connectivity index (χ4n) is 3.21. The molecule has 27 heavy (non-hydrogen) atoms. The Labute approximate surface area is 161 Å². The van der Waals surface area contributed by atoms with Crippen molar-refractivity contribution in [2.75, 3.05) is 0 Å². The van der Waals surface area contributed by atoms with Crippen molar-refractivity contribution in [2.45, 2.75) is 13.5 Å². The number of benzene rings is 2. The van der Waals surface area contributed by atoms with E-state index in [1.807, 2.05) is 61.5 Å². The van der Waals surface area contributed by atoms with Crippen LogP contribution in [0.25, 0.3) is 11.6 Å². The number of allylic oxidation sites excluding steroid dienone is 1. The van der Waals surface area contributed by atoms with Crippen LogP contribution in [0, 0.1) is 4.77 Å². The molecule has 0 aliphatic carbocycles. The summed E-state index contributed by atoms with van der Waals surface area (Å²) in [4.78, 5) is 19.9. The van der Waals surface area contributed by atoms with Gasteiger partial charge >= 0.3 is 0 Å². The van der Waals surface area contributed by atoms with Gasteiger partial charge in [0.15, 0.2) is 4.77 Å². The molecule has 134 valence electrons. The fourth-order valence-corrected chi connectivity index (χ4v) is 3.52. The summed E-state index contributed by atoms with van der Waals surface area (Å²) < 4.78 is 1.69. The number of nitrogens with one attached hydrogen (secondary N) is 1. The van der Waals surface area contributed by atoms with E-state index < -0.39 is 5.56 Å². The largest absolute Gasteiger partial charge is 0.494 e. The van der Waals surface area contributed by atoms with Crippen molar-refractivity contribution in [3.05, 3.63) is 86.4 Å². The first-order chi connectivity index (χ1) is 13.1. The normalized spacial score (nSPS) is 14.3. The third kappa shape index (κ3) is 2.94. The van der Waals surface area contributed by atoms with Gasteiger partial charge < -0.3 is 5.11 Å². The van der Waals surface area contributed by atoms with Crippen molar-refractivity contribution in [1.29, 1.82) is 0 Å². The number of para-hydroxylation sites is 1. The van der Waals surface area contributed by atoms with E-state index in [-0.39, 0.29) is 16.2 Å². The van der Waals surface area contributed by atoms with Gasteiger partial charge in [0.1, 0.15) is 5.56 Å². The molecule has 0 radical (unpaired) electrons. The van der Waals surface area contributed by atoms with Gasteiger partial charge in [-0.05, 0) is 31.3 Å². The first-order valence-electron chi connectivity index (χ1n) is 8.62. The topological polar surface area (TPSA) is 70.4 Å². The molecule has 3 aromatic rings. The maximum absolute atomic E-state index is 12.5. The van der Waals surface area contributed by atoms with Gasteiger partial charge in [0, 0.05) is 23.2 Å². The summed E-state index contributed by atoms with van der Waals surface area (Å²) >= 11 is 5.13. The highest BCUT2D eigenvalue weighted by Crippen LogP contribution is 2.38. The molecule has 2 heterocycles. The summed E-state index contributed by atoms with van der Waals surface area (Å²) in [6.45, 7) is 2.31. The van der Waals surface area contributed by atoms with Gasteiger partial charge in [-0.2, -0.15) is 0 Å². The van der Waals surface area contributed by atoms with Gasteiger partial charge in [-0.1, -0.05) is 48.5 Å². The highest BCUT2D eigenvalue weighted by molar-refractivity contribution is 7.71. The lowest BCUT2D eigenvalue weighted by Crippen LogP contribution is -2.16. The maximum Gasteiger partial charge on any atom is 0.262 e. The minimum absolute atomic E-state index is 0.143. The zero-order chi connectivity index (χ0) is 19.0. The average molecular weight is 375 g/mol. The predicted octanol–water partition coefficient (Wildman–Crippen LogP) is 4.31. The average Bonchev–Trinajstić information content (AvgIpc) is 3.04. The molecule has 0 saturated carbocycles. The number of aromatic amines is 1. The van der Waals surface area contributed by atoms with Gasteiger partial charge in [0.25, 0.3) is 5.56 Å². The molecule has 6 heteroatoms. The van der Waals surface area contributed by atoms with Crippen molar-refractivity contribution >= 4 is 35.3 Å². The number of H-pyrrole nitrogens is 1. The Morgan fingerprint density at radius 2 is 1.85 bits per heavy atom. The number of nitrogens with zero attached hydrogens (tertiary/aromatic N) is 2. The van der Waals surface area contributed by atoms with Crippen LogP contribution in [-0.4, -0.2) is 20.4 Å². The van der Waals surface area contributed by atoms with Crippen molar-refractivity contribution in [2.24, 2.45) is 4.99 Å². The first-order valence-corrected chi connectivity index (χ1v) is 9.02. The van der Waals surface area contributed by atoms with E-state index in [1.165, 1.54) is 4.57 Å². The van der Waals surface area contributed by atoms with Crippen molar-refractivity contribution < 1.29 is 5.11 Å². The van der Waals surface area contributed by atoms with Gasteiger partial charge in [-0.3, -0.25) is 14.3 Å². The molecule has 0 amide bonds. The van der Waals surface area contributed by atoms with E-state index in [2.05, 4.69) is 4.98 Å². The number of aromatic hydroxyl groups is 1. The second kappa shape index (κ2) is 6.81. The number of fused-ring (bicyclic) bond motifs is 1. The summed E-state index contributed by atoms with van der Waals surface area (Å²) in [6.07, 6.45) is 1.69. The van der Waals surface area contributed by atoms with Crippen LogP contribution in [0.4, 0.5) is 5.69 Å². The lowest BCUT2D eigenvalue weighted by molar-refractivity contribution is 0.408. The predicted molar refractivity (Wildman–Crippen MR) is 110 cm³/mol. The molecular formula is C21H17N3O2S. The molecule has 0 saturated heterocycles. The van der Waals surface area contributed by atoms with Crippen LogP contribution in [0.2, 0.25) is 0 Å². The second-order valence-electron chi connectivity index (χ2n) is 6.14. The van der Waals surface area contributed by atoms with E-state index in [0.29, 0.717) is 6.54 Å². The summed E-state index contributed by atoms with van der Waals surface area (Å²) in [5, 5.41) is 10.6. The van der Waals surface area contributed by atoms with Crippen LogP contribution in [0.3, 0.4) is 0 Å². The van der Waals surface area contributed by atoms with Crippen LogP contribution in [0.5, 0.6) is 5.88 Å². The number of hydrogen-bond acceptors (Lipinski definition) is 4. The van der Waals surface area contributed by atoms with Crippen LogP contribution in [0.1, 0.15) is 23.6 Å². The molecule has 2 N–H and O–H groups in total. The number of hydrogen-bond donors (Lipinski definition) is 2. The van der Waals surface area contributed by atoms with Gasteiger partial charge in [-0.15, -0.1) is 0 Å². The zero-order valence-electron chi connectivity index (χ0n) is 14.6. The molecule has 0 unspecified atom stereocenters. The van der Waals surface area contributed by atoms with E-state index >= 15 is 0 Å². The monoisotopic (exact) mass is 375 g/mol. The number of aliphatic imine (C=N–C) groups is 1. The summed E-state index contributed by atoms with van der Waals surface area (Å²) in [7, 11) is 0. The SMILES string of the molecule is CCn1c(O)c(C=C2C(c3ccccc3)=Nc3ccccc32)c(=O)[nH]c1=S. The molecular weight excluding hydrogens is 358 g/mol. The van der Waals surface area contributed by atoms with Crippen molar-refractivity contribution in [3.63, 3.8) is 0 Å². The third-order valence-electron chi connectivity index (χ3n) is 4.54. The molecule has 0 fully saturated rings. The van der Waals surface area contributed by atoms with Crippen LogP contribution >= 0.6 is 12.2 Å². The van der Waals surface area contributed by atoms with Crippen molar-refractivity contribution in [3.8, 4) is 5.88 Å². The summed E-state index contributed by atoms with van der Waals surface area (Å²) in [6, 6.07) is 17.5. The second-order valence-corrected chi connectivity index (χ2v) is 6.53. The molecule has 0 bridgehead atoms. The smallest absolute Gasteiger partial charge is 0.262 e. The highest BCUT2D eigenvalue weighted by atomic mass is 32.1. The Hall–Kier alpha value is -3.25. The van der Waals surface area contributed by atoms with Gasteiger partial charge in [0.2, 0.25) is 5.88 Å². The van der Waals surface area contributed by atoms with E-state index in [4.69, 9.17) is 17.2 Å². The Bertz CT molecular complexity index is 1200. The number of aromatic nitrogens is 2. The lowest BCUT2D eigenvalue weighted by Gasteiger charge is -2.10. The zero-order valence-corrected chi connectivity index (χ0v) is 15.5. The molecule has 4 rings (SSSR count). The molecule has 0 atom stereocenters. The fraction of sp³-hybridized carbons (Fsp3) is 0.0952. The molecule has 1 aromatic heterocycles. The Morgan fingerprint density at radius 3 is 2.59 bits per heavy atom. The maximum atomic E-state index is 12.5. The Kier molecular flexibility index (Phi) is 4.33. The van der Waals surface area contributed by atoms with Crippen molar-refractivity contribution in [1.82, 2.24) is 9.55 Å². The first kappa shape index (κ1) is 17.2. The minimum atomic E-state index is -0.425. The molecule has 0 spiro atoms.